The highest BCUT2D eigenvalue weighted by Gasteiger charge is 2.17. The first kappa shape index (κ1) is 18.3. The van der Waals surface area contributed by atoms with Gasteiger partial charge in [-0.1, -0.05) is 23.8 Å². The lowest BCUT2D eigenvalue weighted by atomic mass is 10.2. The summed E-state index contributed by atoms with van der Waals surface area (Å²) >= 11 is 0. The zero-order chi connectivity index (χ0) is 18.4. The molecule has 0 bridgehead atoms. The van der Waals surface area contributed by atoms with Crippen molar-refractivity contribution in [1.29, 1.82) is 0 Å². The van der Waals surface area contributed by atoms with Crippen LogP contribution in [0.1, 0.15) is 25.3 Å². The van der Waals surface area contributed by atoms with Gasteiger partial charge in [0.05, 0.1) is 6.10 Å². The molecule has 0 spiro atoms. The Morgan fingerprint density at radius 3 is 2.77 bits per heavy atom. The predicted molar refractivity (Wildman–Crippen MR) is 101 cm³/mol. The number of carbonyl (C=O) groups excluding carboxylic acids is 1. The zero-order valence-electron chi connectivity index (χ0n) is 15.2. The number of carbonyl (C=O) groups is 1. The molecule has 138 valence electrons. The molecular formula is C21H25NO4. The van der Waals surface area contributed by atoms with Crippen molar-refractivity contribution in [3.8, 4) is 11.5 Å². The molecule has 1 N–H and O–H groups in total. The van der Waals surface area contributed by atoms with Crippen LogP contribution < -0.4 is 14.8 Å². The molecule has 1 heterocycles. The Morgan fingerprint density at radius 1 is 1.23 bits per heavy atom. The van der Waals surface area contributed by atoms with Crippen LogP contribution in [0.2, 0.25) is 0 Å². The van der Waals surface area contributed by atoms with Crippen molar-refractivity contribution in [2.45, 2.75) is 38.9 Å². The molecule has 2 atom stereocenters. The third-order valence-corrected chi connectivity index (χ3v) is 4.26. The summed E-state index contributed by atoms with van der Waals surface area (Å²) in [6.07, 6.45) is 1.68. The number of ether oxygens (including phenoxy) is 3. The van der Waals surface area contributed by atoms with Gasteiger partial charge in [-0.2, -0.15) is 0 Å². The van der Waals surface area contributed by atoms with Crippen molar-refractivity contribution in [1.82, 2.24) is 0 Å². The predicted octanol–water partition coefficient (Wildman–Crippen LogP) is 3.96. The van der Waals surface area contributed by atoms with E-state index in [1.807, 2.05) is 55.5 Å². The molecule has 3 rings (SSSR count). The number of benzene rings is 2. The minimum atomic E-state index is -0.603. The summed E-state index contributed by atoms with van der Waals surface area (Å²) < 4.78 is 17.0. The van der Waals surface area contributed by atoms with E-state index in [0.717, 1.165) is 25.0 Å². The Kier molecular flexibility index (Phi) is 6.12. The van der Waals surface area contributed by atoms with Gasteiger partial charge in [-0.05, 0) is 51.0 Å². The van der Waals surface area contributed by atoms with E-state index in [4.69, 9.17) is 14.2 Å². The highest BCUT2D eigenvalue weighted by molar-refractivity contribution is 5.94. The molecular weight excluding hydrogens is 330 g/mol. The smallest absolute Gasteiger partial charge is 0.265 e. The van der Waals surface area contributed by atoms with E-state index in [0.29, 0.717) is 23.8 Å². The maximum atomic E-state index is 12.4. The van der Waals surface area contributed by atoms with E-state index >= 15 is 0 Å². The van der Waals surface area contributed by atoms with Crippen LogP contribution in [0.5, 0.6) is 11.5 Å². The molecule has 26 heavy (non-hydrogen) atoms. The fourth-order valence-electron chi connectivity index (χ4n) is 2.75. The molecule has 5 heteroatoms. The molecule has 1 saturated heterocycles. The largest absolute Gasteiger partial charge is 0.491 e. The lowest BCUT2D eigenvalue weighted by Gasteiger charge is -2.16. The van der Waals surface area contributed by atoms with Crippen LogP contribution in [0.4, 0.5) is 5.69 Å². The number of rotatable bonds is 7. The minimum Gasteiger partial charge on any atom is -0.491 e. The summed E-state index contributed by atoms with van der Waals surface area (Å²) in [6.45, 7) is 5.08. The highest BCUT2D eigenvalue weighted by Crippen LogP contribution is 2.20. The van der Waals surface area contributed by atoms with Crippen LogP contribution >= 0.6 is 0 Å². The van der Waals surface area contributed by atoms with E-state index in [2.05, 4.69) is 5.32 Å². The summed E-state index contributed by atoms with van der Waals surface area (Å²) in [7, 11) is 0. The fourth-order valence-corrected chi connectivity index (χ4v) is 2.75. The summed E-state index contributed by atoms with van der Waals surface area (Å²) in [6, 6.07) is 15.0. The summed E-state index contributed by atoms with van der Waals surface area (Å²) in [5.41, 5.74) is 1.83. The van der Waals surface area contributed by atoms with Crippen molar-refractivity contribution >= 4 is 11.6 Å². The maximum absolute atomic E-state index is 12.4. The van der Waals surface area contributed by atoms with Gasteiger partial charge in [-0.3, -0.25) is 4.79 Å². The molecule has 2 aromatic carbocycles. The first-order valence-electron chi connectivity index (χ1n) is 8.99. The lowest BCUT2D eigenvalue weighted by Crippen LogP contribution is -2.30. The van der Waals surface area contributed by atoms with Gasteiger partial charge in [0.25, 0.3) is 5.91 Å². The van der Waals surface area contributed by atoms with E-state index in [-0.39, 0.29) is 12.0 Å². The number of amides is 1. The number of nitrogens with one attached hydrogen (secondary N) is 1. The minimum absolute atomic E-state index is 0.163. The van der Waals surface area contributed by atoms with Crippen molar-refractivity contribution in [3.05, 3.63) is 54.1 Å². The second-order valence-electron chi connectivity index (χ2n) is 6.54. The Hall–Kier alpha value is -2.53. The van der Waals surface area contributed by atoms with Crippen molar-refractivity contribution in [2.75, 3.05) is 18.5 Å². The van der Waals surface area contributed by atoms with Crippen LogP contribution in [0.25, 0.3) is 0 Å². The summed E-state index contributed by atoms with van der Waals surface area (Å²) in [5, 5.41) is 2.87. The molecule has 1 aliphatic heterocycles. The molecule has 1 aliphatic rings. The van der Waals surface area contributed by atoms with Crippen LogP contribution in [0.15, 0.2) is 48.5 Å². The fraction of sp³-hybridized carbons (Fsp3) is 0.381. The van der Waals surface area contributed by atoms with Crippen LogP contribution in [-0.4, -0.2) is 31.3 Å². The van der Waals surface area contributed by atoms with Gasteiger partial charge in [-0.25, -0.2) is 0 Å². The number of hydrogen-bond acceptors (Lipinski definition) is 4. The van der Waals surface area contributed by atoms with Gasteiger partial charge in [0.2, 0.25) is 0 Å². The van der Waals surface area contributed by atoms with Crippen LogP contribution in [0, 0.1) is 6.92 Å². The first-order valence-corrected chi connectivity index (χ1v) is 8.99. The SMILES string of the molecule is Cc1ccc(O[C@@H](C)C(=O)Nc2cccc(OC[C@@H]3CCCO3)c2)cc1. The van der Waals surface area contributed by atoms with E-state index < -0.39 is 6.10 Å². The third-order valence-electron chi connectivity index (χ3n) is 4.26. The third kappa shape index (κ3) is 5.23. The second kappa shape index (κ2) is 8.72. The van der Waals surface area contributed by atoms with Crippen molar-refractivity contribution in [3.63, 3.8) is 0 Å². The van der Waals surface area contributed by atoms with E-state index in [1.54, 1.807) is 6.92 Å². The molecule has 1 fully saturated rings. The molecule has 2 aromatic rings. The number of aryl methyl sites for hydroxylation is 1. The first-order chi connectivity index (χ1) is 12.6. The van der Waals surface area contributed by atoms with Gasteiger partial charge in [-0.15, -0.1) is 0 Å². The quantitative estimate of drug-likeness (QED) is 0.817. The summed E-state index contributed by atoms with van der Waals surface area (Å²) in [4.78, 5) is 12.4. The number of hydrogen-bond donors (Lipinski definition) is 1. The average Bonchev–Trinajstić information content (AvgIpc) is 3.16. The second-order valence-corrected chi connectivity index (χ2v) is 6.54. The Labute approximate surface area is 154 Å². The molecule has 0 aliphatic carbocycles. The van der Waals surface area contributed by atoms with Crippen molar-refractivity contribution in [2.24, 2.45) is 0 Å². The Balaban J connectivity index is 1.52. The monoisotopic (exact) mass is 355 g/mol. The Bertz CT molecular complexity index is 723. The summed E-state index contributed by atoms with van der Waals surface area (Å²) in [5.74, 6) is 1.18. The van der Waals surface area contributed by atoms with E-state index in [9.17, 15) is 4.79 Å². The maximum Gasteiger partial charge on any atom is 0.265 e. The average molecular weight is 355 g/mol. The lowest BCUT2D eigenvalue weighted by molar-refractivity contribution is -0.122. The Morgan fingerprint density at radius 2 is 2.04 bits per heavy atom. The molecule has 0 saturated carbocycles. The van der Waals surface area contributed by atoms with Crippen molar-refractivity contribution < 1.29 is 19.0 Å². The van der Waals surface area contributed by atoms with Gasteiger partial charge in [0.1, 0.15) is 18.1 Å². The van der Waals surface area contributed by atoms with Gasteiger partial charge in [0, 0.05) is 18.4 Å². The zero-order valence-corrected chi connectivity index (χ0v) is 15.2. The molecule has 0 aromatic heterocycles. The normalized spacial score (nSPS) is 17.5. The molecule has 1 amide bonds. The van der Waals surface area contributed by atoms with E-state index in [1.165, 1.54) is 0 Å². The van der Waals surface area contributed by atoms with Gasteiger partial charge < -0.3 is 19.5 Å². The van der Waals surface area contributed by atoms with Crippen LogP contribution in [-0.2, 0) is 9.53 Å². The van der Waals surface area contributed by atoms with Crippen LogP contribution in [0.3, 0.4) is 0 Å². The standard InChI is InChI=1S/C21H25NO4/c1-15-8-10-18(11-9-15)26-16(2)21(23)22-17-5-3-6-19(13-17)25-14-20-7-4-12-24-20/h3,5-6,8-11,13,16,20H,4,7,12,14H2,1-2H3,(H,22,23)/t16-,20-/m0/s1. The van der Waals surface area contributed by atoms with Gasteiger partial charge in [0.15, 0.2) is 6.10 Å². The number of anilines is 1. The molecule has 5 nitrogen and oxygen atoms in total. The van der Waals surface area contributed by atoms with Gasteiger partial charge >= 0.3 is 0 Å². The molecule has 0 unspecified atom stereocenters. The highest BCUT2D eigenvalue weighted by atomic mass is 16.5. The molecule has 0 radical (unpaired) electrons. The topological polar surface area (TPSA) is 56.8 Å².